The second-order valence-corrected chi connectivity index (χ2v) is 3.34. The zero-order valence-corrected chi connectivity index (χ0v) is 8.62. The summed E-state index contributed by atoms with van der Waals surface area (Å²) < 4.78 is 37.6. The maximum absolute atomic E-state index is 12.5. The van der Waals surface area contributed by atoms with E-state index in [9.17, 15) is 18.0 Å². The fraction of sp³-hybridized carbons (Fsp3) is 0.300. The van der Waals surface area contributed by atoms with Gasteiger partial charge in [0.2, 0.25) is 0 Å². The summed E-state index contributed by atoms with van der Waals surface area (Å²) in [5, 5.41) is -0.886. The summed E-state index contributed by atoms with van der Waals surface area (Å²) in [6, 6.07) is 3.36. The molecule has 0 aliphatic heterocycles. The van der Waals surface area contributed by atoms with Crippen molar-refractivity contribution < 1.29 is 18.0 Å². The van der Waals surface area contributed by atoms with Crippen LogP contribution in [0.15, 0.2) is 18.2 Å². The van der Waals surface area contributed by atoms with E-state index in [0.29, 0.717) is 0 Å². The lowest BCUT2D eigenvalue weighted by molar-refractivity contribution is -0.138. The lowest BCUT2D eigenvalue weighted by Gasteiger charge is -2.12. The molecule has 15 heavy (non-hydrogen) atoms. The van der Waals surface area contributed by atoms with Gasteiger partial charge >= 0.3 is 6.18 Å². The van der Waals surface area contributed by atoms with Gasteiger partial charge in [-0.25, -0.2) is 0 Å². The van der Waals surface area contributed by atoms with E-state index in [0.717, 1.165) is 6.07 Å². The molecule has 0 amide bonds. The summed E-state index contributed by atoms with van der Waals surface area (Å²) in [5.41, 5.74) is -0.776. The number of hydrogen-bond acceptors (Lipinski definition) is 1. The van der Waals surface area contributed by atoms with Crippen LogP contribution in [0.3, 0.4) is 0 Å². The summed E-state index contributed by atoms with van der Waals surface area (Å²) in [5.74, 6) is 0. The van der Waals surface area contributed by atoms with E-state index in [-0.39, 0.29) is 17.5 Å². The van der Waals surface area contributed by atoms with E-state index in [2.05, 4.69) is 0 Å². The molecule has 5 heteroatoms. The highest BCUT2D eigenvalue weighted by molar-refractivity contribution is 6.67. The number of hydrogen-bond donors (Lipinski definition) is 0. The van der Waals surface area contributed by atoms with Crippen LogP contribution in [-0.4, -0.2) is 5.24 Å². The van der Waals surface area contributed by atoms with Crippen molar-refractivity contribution >= 4 is 16.8 Å². The average molecular weight is 237 g/mol. The Morgan fingerprint density at radius 3 is 2.40 bits per heavy atom. The Labute approximate surface area is 89.9 Å². The number of rotatable bonds is 2. The van der Waals surface area contributed by atoms with Crippen LogP contribution in [0.25, 0.3) is 0 Å². The normalized spacial score (nSPS) is 11.5. The molecule has 0 fully saturated rings. The van der Waals surface area contributed by atoms with Crippen molar-refractivity contribution in [2.45, 2.75) is 19.5 Å². The molecule has 0 unspecified atom stereocenters. The average Bonchev–Trinajstić information content (AvgIpc) is 2.15. The first-order valence-electron chi connectivity index (χ1n) is 4.26. The van der Waals surface area contributed by atoms with Crippen LogP contribution in [-0.2, 0) is 12.6 Å². The molecule has 0 atom stereocenters. The summed E-state index contributed by atoms with van der Waals surface area (Å²) in [6.07, 6.45) is -4.20. The third-order valence-corrected chi connectivity index (χ3v) is 2.24. The van der Waals surface area contributed by atoms with E-state index < -0.39 is 17.0 Å². The molecule has 0 saturated heterocycles. The van der Waals surface area contributed by atoms with Crippen molar-refractivity contribution in [2.75, 3.05) is 0 Å². The highest BCUT2D eigenvalue weighted by Crippen LogP contribution is 2.33. The number of carbonyl (C=O) groups is 1. The van der Waals surface area contributed by atoms with Gasteiger partial charge < -0.3 is 0 Å². The monoisotopic (exact) mass is 236 g/mol. The largest absolute Gasteiger partial charge is 0.416 e. The van der Waals surface area contributed by atoms with Crippen LogP contribution in [0, 0.1) is 0 Å². The molecule has 1 aromatic rings. The van der Waals surface area contributed by atoms with Gasteiger partial charge in [0.1, 0.15) is 0 Å². The lowest BCUT2D eigenvalue weighted by Crippen LogP contribution is -2.10. The van der Waals surface area contributed by atoms with Gasteiger partial charge in [-0.05, 0) is 35.7 Å². The van der Waals surface area contributed by atoms with Gasteiger partial charge in [0, 0.05) is 5.56 Å². The molecule has 82 valence electrons. The van der Waals surface area contributed by atoms with Crippen molar-refractivity contribution in [2.24, 2.45) is 0 Å². The topological polar surface area (TPSA) is 17.1 Å². The first-order valence-corrected chi connectivity index (χ1v) is 4.64. The maximum Gasteiger partial charge on any atom is 0.416 e. The third-order valence-electron chi connectivity index (χ3n) is 2.02. The van der Waals surface area contributed by atoms with Gasteiger partial charge in [-0.15, -0.1) is 0 Å². The molecule has 1 aromatic carbocycles. The SMILES string of the molecule is CCc1ccc(C(=O)Cl)cc1C(F)(F)F. The van der Waals surface area contributed by atoms with Crippen molar-refractivity contribution in [1.82, 2.24) is 0 Å². The molecular formula is C10H8ClF3O. The minimum Gasteiger partial charge on any atom is -0.276 e. The van der Waals surface area contributed by atoms with Gasteiger partial charge in [-0.3, -0.25) is 4.79 Å². The van der Waals surface area contributed by atoms with E-state index in [1.165, 1.54) is 12.1 Å². The standard InChI is InChI=1S/C10H8ClF3O/c1-2-6-3-4-7(9(11)15)5-8(6)10(12,13)14/h3-5H,2H2,1H3. The molecular weight excluding hydrogens is 229 g/mol. The summed E-state index contributed by atoms with van der Waals surface area (Å²) >= 11 is 5.11. The molecule has 0 radical (unpaired) electrons. The molecule has 0 N–H and O–H groups in total. The lowest BCUT2D eigenvalue weighted by atomic mass is 10.0. The Balaban J connectivity index is 3.32. The maximum atomic E-state index is 12.5. The van der Waals surface area contributed by atoms with Crippen LogP contribution < -0.4 is 0 Å². The van der Waals surface area contributed by atoms with Gasteiger partial charge in [-0.2, -0.15) is 13.2 Å². The van der Waals surface area contributed by atoms with Gasteiger partial charge in [0.15, 0.2) is 0 Å². The second kappa shape index (κ2) is 4.23. The Hall–Kier alpha value is -1.03. The Morgan fingerprint density at radius 2 is 2.00 bits per heavy atom. The fourth-order valence-electron chi connectivity index (χ4n) is 1.27. The summed E-state index contributed by atoms with van der Waals surface area (Å²) in [4.78, 5) is 10.7. The quantitative estimate of drug-likeness (QED) is 0.717. The summed E-state index contributed by atoms with van der Waals surface area (Å²) in [6.45, 7) is 1.62. The van der Waals surface area contributed by atoms with E-state index in [4.69, 9.17) is 11.6 Å². The predicted octanol–water partition coefficient (Wildman–Crippen LogP) is 3.65. The van der Waals surface area contributed by atoms with Gasteiger partial charge in [0.25, 0.3) is 5.24 Å². The number of benzene rings is 1. The molecule has 1 nitrogen and oxygen atoms in total. The van der Waals surface area contributed by atoms with E-state index >= 15 is 0 Å². The molecule has 0 aromatic heterocycles. The molecule has 0 spiro atoms. The van der Waals surface area contributed by atoms with Crippen molar-refractivity contribution in [3.8, 4) is 0 Å². The Kier molecular flexibility index (Phi) is 3.39. The number of aryl methyl sites for hydroxylation is 1. The zero-order valence-electron chi connectivity index (χ0n) is 7.86. The molecule has 0 aliphatic carbocycles. The van der Waals surface area contributed by atoms with Crippen LogP contribution >= 0.6 is 11.6 Å². The van der Waals surface area contributed by atoms with Crippen LogP contribution in [0.1, 0.15) is 28.4 Å². The molecule has 0 aliphatic rings. The van der Waals surface area contributed by atoms with Gasteiger partial charge in [-0.1, -0.05) is 13.0 Å². The predicted molar refractivity (Wildman–Crippen MR) is 51.0 cm³/mol. The Bertz CT molecular complexity index is 385. The van der Waals surface area contributed by atoms with E-state index in [1.807, 2.05) is 0 Å². The highest BCUT2D eigenvalue weighted by atomic mass is 35.5. The van der Waals surface area contributed by atoms with E-state index in [1.54, 1.807) is 6.92 Å². The highest BCUT2D eigenvalue weighted by Gasteiger charge is 2.33. The first-order chi connectivity index (χ1) is 6.86. The van der Waals surface area contributed by atoms with Crippen LogP contribution in [0.5, 0.6) is 0 Å². The fourth-order valence-corrected chi connectivity index (χ4v) is 1.39. The Morgan fingerprint density at radius 1 is 1.40 bits per heavy atom. The van der Waals surface area contributed by atoms with Gasteiger partial charge in [0.05, 0.1) is 5.56 Å². The number of alkyl halides is 3. The number of carbonyl (C=O) groups excluding carboxylic acids is 1. The minimum absolute atomic E-state index is 0.138. The van der Waals surface area contributed by atoms with Crippen LogP contribution in [0.4, 0.5) is 13.2 Å². The number of halogens is 4. The van der Waals surface area contributed by atoms with Crippen molar-refractivity contribution in [3.63, 3.8) is 0 Å². The zero-order chi connectivity index (χ0) is 11.6. The molecule has 1 rings (SSSR count). The first kappa shape index (κ1) is 12.0. The molecule has 0 bridgehead atoms. The molecule has 0 heterocycles. The minimum atomic E-state index is -4.45. The van der Waals surface area contributed by atoms with Crippen molar-refractivity contribution in [3.05, 3.63) is 34.9 Å². The molecule has 0 saturated carbocycles. The smallest absolute Gasteiger partial charge is 0.276 e. The second-order valence-electron chi connectivity index (χ2n) is 3.00. The third kappa shape index (κ3) is 2.72. The van der Waals surface area contributed by atoms with Crippen molar-refractivity contribution in [1.29, 1.82) is 0 Å². The summed E-state index contributed by atoms with van der Waals surface area (Å²) in [7, 11) is 0. The van der Waals surface area contributed by atoms with Crippen LogP contribution in [0.2, 0.25) is 0 Å².